The first-order chi connectivity index (χ1) is 9.37. The summed E-state index contributed by atoms with van der Waals surface area (Å²) >= 11 is 5.78. The van der Waals surface area contributed by atoms with Crippen molar-refractivity contribution in [2.75, 3.05) is 27.2 Å². The summed E-state index contributed by atoms with van der Waals surface area (Å²) < 4.78 is 27.0. The Morgan fingerprint density at radius 1 is 1.40 bits per heavy atom. The highest BCUT2D eigenvalue weighted by Gasteiger charge is 2.33. The summed E-state index contributed by atoms with van der Waals surface area (Å²) in [6.45, 7) is 2.79. The number of aromatic amines is 1. The zero-order chi connectivity index (χ0) is 14.9. The van der Waals surface area contributed by atoms with Gasteiger partial charge in [-0.2, -0.15) is 9.40 Å². The first-order valence-corrected chi connectivity index (χ1v) is 8.61. The van der Waals surface area contributed by atoms with Crippen molar-refractivity contribution in [1.82, 2.24) is 19.4 Å². The van der Waals surface area contributed by atoms with Crippen molar-refractivity contribution in [2.24, 2.45) is 0 Å². The van der Waals surface area contributed by atoms with Gasteiger partial charge in [0, 0.05) is 19.1 Å². The Balaban J connectivity index is 2.22. The van der Waals surface area contributed by atoms with E-state index in [1.165, 1.54) is 0 Å². The molecule has 0 radical (unpaired) electrons. The van der Waals surface area contributed by atoms with Crippen molar-refractivity contribution in [1.29, 1.82) is 0 Å². The van der Waals surface area contributed by atoms with Crippen LogP contribution in [0.3, 0.4) is 0 Å². The summed E-state index contributed by atoms with van der Waals surface area (Å²) in [5, 5.41) is 6.68. The predicted octanol–water partition coefficient (Wildman–Crippen LogP) is 1.17. The number of nitrogens with zero attached hydrogens (tertiary/aromatic N) is 3. The van der Waals surface area contributed by atoms with Gasteiger partial charge in [-0.25, -0.2) is 8.42 Å². The molecule has 0 atom stereocenters. The fourth-order valence-corrected chi connectivity index (χ4v) is 4.70. The number of aryl methyl sites for hydroxylation is 1. The number of rotatable bonds is 4. The minimum absolute atomic E-state index is 0.0903. The van der Waals surface area contributed by atoms with Crippen LogP contribution in [-0.2, 0) is 15.9 Å². The van der Waals surface area contributed by atoms with Crippen molar-refractivity contribution in [3.8, 4) is 0 Å². The molecule has 1 aromatic rings. The molecular formula is C12H21ClN4O2S. The van der Waals surface area contributed by atoms with Crippen LogP contribution in [-0.4, -0.2) is 61.0 Å². The Kier molecular flexibility index (Phi) is 4.73. The second-order valence-corrected chi connectivity index (χ2v) is 7.50. The van der Waals surface area contributed by atoms with Gasteiger partial charge in [0.2, 0.25) is 10.0 Å². The topological polar surface area (TPSA) is 69.3 Å². The van der Waals surface area contributed by atoms with Crippen molar-refractivity contribution >= 4 is 21.6 Å². The van der Waals surface area contributed by atoms with E-state index in [4.69, 9.17) is 11.6 Å². The summed E-state index contributed by atoms with van der Waals surface area (Å²) in [6, 6.07) is 0.444. The molecule has 2 heterocycles. The standard InChI is InChI=1S/C12H21ClN4O2S/c1-9-12(11(8-13)15-14-9)20(18,19)17-6-4-10(5-7-17)16(2)3/h10H,4-8H2,1-3H3,(H,14,15). The minimum Gasteiger partial charge on any atom is -0.306 e. The molecule has 0 bridgehead atoms. The monoisotopic (exact) mass is 320 g/mol. The van der Waals surface area contributed by atoms with E-state index in [1.807, 2.05) is 14.1 Å². The zero-order valence-corrected chi connectivity index (χ0v) is 13.6. The van der Waals surface area contributed by atoms with Gasteiger partial charge in [-0.05, 0) is 33.9 Å². The SMILES string of the molecule is Cc1[nH]nc(CCl)c1S(=O)(=O)N1CCC(N(C)C)CC1. The summed E-state index contributed by atoms with van der Waals surface area (Å²) in [4.78, 5) is 2.40. The van der Waals surface area contributed by atoms with Crippen molar-refractivity contribution < 1.29 is 8.42 Å². The number of halogens is 1. The lowest BCUT2D eigenvalue weighted by atomic mass is 10.1. The van der Waals surface area contributed by atoms with Crippen LogP contribution in [0.5, 0.6) is 0 Å². The molecule has 1 aliphatic heterocycles. The third-order valence-electron chi connectivity index (χ3n) is 3.84. The summed E-state index contributed by atoms with van der Waals surface area (Å²) in [5.74, 6) is 0.0903. The van der Waals surface area contributed by atoms with Crippen LogP contribution in [0.2, 0.25) is 0 Å². The number of hydrogen-bond donors (Lipinski definition) is 1. The van der Waals surface area contributed by atoms with E-state index in [0.29, 0.717) is 30.5 Å². The number of nitrogens with one attached hydrogen (secondary N) is 1. The maximum Gasteiger partial charge on any atom is 0.246 e. The van der Waals surface area contributed by atoms with E-state index in [1.54, 1.807) is 11.2 Å². The Hall–Kier alpha value is -0.630. The Bertz CT molecular complexity index is 562. The van der Waals surface area contributed by atoms with E-state index in [9.17, 15) is 8.42 Å². The molecule has 20 heavy (non-hydrogen) atoms. The van der Waals surface area contributed by atoms with Gasteiger partial charge in [0.25, 0.3) is 0 Å². The number of H-pyrrole nitrogens is 1. The third kappa shape index (κ3) is 2.86. The molecule has 0 spiro atoms. The molecule has 1 aromatic heterocycles. The van der Waals surface area contributed by atoms with Crippen LogP contribution < -0.4 is 0 Å². The third-order valence-corrected chi connectivity index (χ3v) is 6.20. The maximum absolute atomic E-state index is 12.7. The number of aromatic nitrogens is 2. The minimum atomic E-state index is -3.50. The Labute approximate surface area is 125 Å². The second-order valence-electron chi connectivity index (χ2n) is 5.36. The summed E-state index contributed by atoms with van der Waals surface area (Å²) in [7, 11) is 0.552. The van der Waals surface area contributed by atoms with Gasteiger partial charge in [0.05, 0.1) is 17.3 Å². The van der Waals surface area contributed by atoms with Gasteiger partial charge < -0.3 is 4.90 Å². The van der Waals surface area contributed by atoms with E-state index >= 15 is 0 Å². The molecule has 0 amide bonds. The number of alkyl halides is 1. The molecule has 114 valence electrons. The van der Waals surface area contributed by atoms with Crippen LogP contribution in [0, 0.1) is 6.92 Å². The van der Waals surface area contributed by atoms with Crippen LogP contribution in [0.15, 0.2) is 4.90 Å². The van der Waals surface area contributed by atoms with E-state index in [0.717, 1.165) is 12.8 Å². The fraction of sp³-hybridized carbons (Fsp3) is 0.750. The highest BCUT2D eigenvalue weighted by molar-refractivity contribution is 7.89. The molecule has 1 N–H and O–H groups in total. The van der Waals surface area contributed by atoms with Crippen LogP contribution >= 0.6 is 11.6 Å². The Morgan fingerprint density at radius 2 is 2.00 bits per heavy atom. The maximum atomic E-state index is 12.7. The summed E-state index contributed by atoms with van der Waals surface area (Å²) in [6.07, 6.45) is 1.69. The van der Waals surface area contributed by atoms with Gasteiger partial charge in [0.1, 0.15) is 4.90 Å². The first-order valence-electron chi connectivity index (χ1n) is 6.64. The van der Waals surface area contributed by atoms with Crippen LogP contribution in [0.25, 0.3) is 0 Å². The van der Waals surface area contributed by atoms with Gasteiger partial charge >= 0.3 is 0 Å². The van der Waals surface area contributed by atoms with E-state index in [2.05, 4.69) is 15.1 Å². The predicted molar refractivity (Wildman–Crippen MR) is 78.3 cm³/mol. The normalized spacial score (nSPS) is 18.9. The smallest absolute Gasteiger partial charge is 0.246 e. The molecule has 0 aromatic carbocycles. The lowest BCUT2D eigenvalue weighted by molar-refractivity contribution is 0.196. The number of sulfonamides is 1. The zero-order valence-electron chi connectivity index (χ0n) is 12.1. The molecule has 0 aliphatic carbocycles. The molecule has 1 saturated heterocycles. The quantitative estimate of drug-likeness (QED) is 0.846. The average molecular weight is 321 g/mol. The van der Waals surface area contributed by atoms with Crippen LogP contribution in [0.4, 0.5) is 0 Å². The first kappa shape index (κ1) is 15.8. The molecule has 6 nitrogen and oxygen atoms in total. The highest BCUT2D eigenvalue weighted by Crippen LogP contribution is 2.26. The van der Waals surface area contributed by atoms with Crippen LogP contribution in [0.1, 0.15) is 24.2 Å². The molecule has 2 rings (SSSR count). The highest BCUT2D eigenvalue weighted by atomic mass is 35.5. The van der Waals surface area contributed by atoms with Crippen molar-refractivity contribution in [2.45, 2.75) is 36.6 Å². The van der Waals surface area contributed by atoms with E-state index in [-0.39, 0.29) is 10.8 Å². The Morgan fingerprint density at radius 3 is 2.50 bits per heavy atom. The van der Waals surface area contributed by atoms with Crippen molar-refractivity contribution in [3.05, 3.63) is 11.4 Å². The van der Waals surface area contributed by atoms with Gasteiger partial charge in [0.15, 0.2) is 0 Å². The van der Waals surface area contributed by atoms with Gasteiger partial charge in [-0.1, -0.05) is 0 Å². The second kappa shape index (κ2) is 6.01. The fourth-order valence-electron chi connectivity index (χ4n) is 2.63. The largest absolute Gasteiger partial charge is 0.306 e. The lowest BCUT2D eigenvalue weighted by Crippen LogP contribution is -2.44. The number of piperidine rings is 1. The molecule has 8 heteroatoms. The molecular weight excluding hydrogens is 300 g/mol. The number of hydrogen-bond acceptors (Lipinski definition) is 4. The molecule has 1 fully saturated rings. The van der Waals surface area contributed by atoms with Gasteiger partial charge in [-0.15, -0.1) is 11.6 Å². The average Bonchev–Trinajstić information content (AvgIpc) is 2.80. The lowest BCUT2D eigenvalue weighted by Gasteiger charge is -2.34. The molecule has 1 aliphatic rings. The van der Waals surface area contributed by atoms with Gasteiger partial charge in [-0.3, -0.25) is 5.10 Å². The van der Waals surface area contributed by atoms with Crippen molar-refractivity contribution in [3.63, 3.8) is 0 Å². The molecule has 0 unspecified atom stereocenters. The molecule has 0 saturated carbocycles. The summed E-state index contributed by atoms with van der Waals surface area (Å²) in [5.41, 5.74) is 0.953. The van der Waals surface area contributed by atoms with E-state index < -0.39 is 10.0 Å².